The van der Waals surface area contributed by atoms with Gasteiger partial charge in [0.1, 0.15) is 0 Å². The fraction of sp³-hybridized carbons (Fsp3) is 0.533. The van der Waals surface area contributed by atoms with Crippen LogP contribution in [0.4, 0.5) is 0 Å². The second kappa shape index (κ2) is 9.01. The first kappa shape index (κ1) is 21.2. The summed E-state index contributed by atoms with van der Waals surface area (Å²) in [5, 5.41) is 3.38. The summed E-state index contributed by atoms with van der Waals surface area (Å²) in [4.78, 5) is 11.8. The molecule has 24 heavy (non-hydrogen) atoms. The molecule has 1 aliphatic rings. The van der Waals surface area contributed by atoms with Crippen molar-refractivity contribution >= 4 is 40.0 Å². The predicted molar refractivity (Wildman–Crippen MR) is 95.4 cm³/mol. The third kappa shape index (κ3) is 4.61. The van der Waals surface area contributed by atoms with E-state index in [4.69, 9.17) is 11.6 Å². The van der Waals surface area contributed by atoms with Crippen molar-refractivity contribution in [2.24, 2.45) is 5.92 Å². The van der Waals surface area contributed by atoms with E-state index in [-0.39, 0.29) is 27.9 Å². The summed E-state index contributed by atoms with van der Waals surface area (Å²) in [6.45, 7) is 1.74. The Morgan fingerprint density at radius 1 is 1.38 bits per heavy atom. The van der Waals surface area contributed by atoms with E-state index in [1.54, 1.807) is 0 Å². The Labute approximate surface area is 154 Å². The maximum atomic E-state index is 12.9. The van der Waals surface area contributed by atoms with Gasteiger partial charge in [0, 0.05) is 18.1 Å². The number of rotatable bonds is 5. The first-order chi connectivity index (χ1) is 10.9. The zero-order valence-electron chi connectivity index (χ0n) is 13.6. The van der Waals surface area contributed by atoms with Crippen LogP contribution in [0.25, 0.3) is 0 Å². The van der Waals surface area contributed by atoms with Crippen LogP contribution >= 0.6 is 24.0 Å². The van der Waals surface area contributed by atoms with Crippen molar-refractivity contribution in [1.29, 1.82) is 0 Å². The number of ether oxygens (including phenoxy) is 1. The minimum absolute atomic E-state index is 0. The number of piperidine rings is 1. The normalized spacial score (nSPS) is 16.5. The largest absolute Gasteiger partial charge is 0.465 e. The van der Waals surface area contributed by atoms with Crippen LogP contribution in [-0.4, -0.2) is 52.5 Å². The Morgan fingerprint density at radius 2 is 2.00 bits per heavy atom. The SMILES string of the molecule is CNCC1CCN(S(=O)(=O)c2cc(Cl)ccc2C(=O)OC)CC1.Cl. The zero-order chi connectivity index (χ0) is 17.0. The van der Waals surface area contributed by atoms with Crippen LogP contribution in [0.15, 0.2) is 23.1 Å². The standard InChI is InChI=1S/C15H21ClN2O4S.ClH/c1-17-10-11-5-7-18(8-6-11)23(20,21)14-9-12(16)3-4-13(14)15(19)22-2;/h3-4,9,11,17H,5-8,10H2,1-2H3;1H. The van der Waals surface area contributed by atoms with E-state index in [0.717, 1.165) is 19.4 Å². The van der Waals surface area contributed by atoms with Crippen molar-refractivity contribution in [1.82, 2.24) is 9.62 Å². The smallest absolute Gasteiger partial charge is 0.339 e. The topological polar surface area (TPSA) is 75.7 Å². The number of carbonyl (C=O) groups excluding carboxylic acids is 1. The number of benzene rings is 1. The molecular weight excluding hydrogens is 375 g/mol. The number of hydrogen-bond donors (Lipinski definition) is 1. The van der Waals surface area contributed by atoms with Gasteiger partial charge >= 0.3 is 5.97 Å². The lowest BCUT2D eigenvalue weighted by Crippen LogP contribution is -2.40. The Balaban J connectivity index is 0.00000288. The molecule has 0 spiro atoms. The summed E-state index contributed by atoms with van der Waals surface area (Å²) < 4.78 is 31.9. The van der Waals surface area contributed by atoms with Gasteiger partial charge in [0.15, 0.2) is 0 Å². The molecule has 9 heteroatoms. The summed E-state index contributed by atoms with van der Waals surface area (Å²) in [5.41, 5.74) is 0.00856. The van der Waals surface area contributed by atoms with Gasteiger partial charge in [0.05, 0.1) is 17.6 Å². The van der Waals surface area contributed by atoms with Gasteiger partial charge in [0.25, 0.3) is 0 Å². The average molecular weight is 397 g/mol. The van der Waals surface area contributed by atoms with E-state index in [0.29, 0.717) is 19.0 Å². The molecule has 0 bridgehead atoms. The highest BCUT2D eigenvalue weighted by Gasteiger charge is 2.32. The lowest BCUT2D eigenvalue weighted by Gasteiger charge is -2.31. The van der Waals surface area contributed by atoms with Crippen molar-refractivity contribution in [3.05, 3.63) is 28.8 Å². The van der Waals surface area contributed by atoms with E-state index in [1.807, 2.05) is 7.05 Å². The van der Waals surface area contributed by atoms with Gasteiger partial charge < -0.3 is 10.1 Å². The first-order valence-electron chi connectivity index (χ1n) is 7.42. The van der Waals surface area contributed by atoms with Crippen molar-refractivity contribution in [2.45, 2.75) is 17.7 Å². The summed E-state index contributed by atoms with van der Waals surface area (Å²) in [5.74, 6) is -0.226. The lowest BCUT2D eigenvalue weighted by atomic mass is 9.98. The number of hydrogen-bond acceptors (Lipinski definition) is 5. The number of carbonyl (C=O) groups is 1. The second-order valence-corrected chi connectivity index (χ2v) is 7.88. The van der Waals surface area contributed by atoms with Gasteiger partial charge in [-0.1, -0.05) is 11.6 Å². The summed E-state index contributed by atoms with van der Waals surface area (Å²) in [7, 11) is -0.676. The fourth-order valence-electron chi connectivity index (χ4n) is 2.77. The summed E-state index contributed by atoms with van der Waals surface area (Å²) >= 11 is 5.93. The molecule has 0 aromatic heterocycles. The Morgan fingerprint density at radius 3 is 2.54 bits per heavy atom. The van der Waals surface area contributed by atoms with Gasteiger partial charge in [-0.2, -0.15) is 4.31 Å². The van der Waals surface area contributed by atoms with Crippen molar-refractivity contribution in [3.63, 3.8) is 0 Å². The molecule has 0 amide bonds. The Bertz CT molecular complexity index is 674. The van der Waals surface area contributed by atoms with Crippen LogP contribution in [0.3, 0.4) is 0 Å². The highest BCUT2D eigenvalue weighted by atomic mass is 35.5. The third-order valence-corrected chi connectivity index (χ3v) is 6.21. The molecule has 2 rings (SSSR count). The summed E-state index contributed by atoms with van der Waals surface area (Å²) in [6.07, 6.45) is 1.57. The van der Waals surface area contributed by atoms with Gasteiger partial charge in [-0.3, -0.25) is 0 Å². The monoisotopic (exact) mass is 396 g/mol. The van der Waals surface area contributed by atoms with Gasteiger partial charge in [-0.25, -0.2) is 13.2 Å². The minimum atomic E-state index is -3.78. The third-order valence-electron chi connectivity index (χ3n) is 4.03. The second-order valence-electron chi connectivity index (χ2n) is 5.54. The molecule has 1 aliphatic heterocycles. The highest BCUT2D eigenvalue weighted by molar-refractivity contribution is 7.89. The molecule has 0 radical (unpaired) electrons. The molecular formula is C15H22Cl2N2O4S. The van der Waals surface area contributed by atoms with Gasteiger partial charge in [-0.15, -0.1) is 12.4 Å². The number of halogens is 2. The lowest BCUT2D eigenvalue weighted by molar-refractivity contribution is 0.0596. The van der Waals surface area contributed by atoms with E-state index in [2.05, 4.69) is 10.1 Å². The van der Waals surface area contributed by atoms with Crippen molar-refractivity contribution in [3.8, 4) is 0 Å². The maximum Gasteiger partial charge on any atom is 0.339 e. The molecule has 0 saturated carbocycles. The molecule has 1 aromatic carbocycles. The van der Waals surface area contributed by atoms with Crippen LogP contribution in [-0.2, 0) is 14.8 Å². The first-order valence-corrected chi connectivity index (χ1v) is 9.24. The van der Waals surface area contributed by atoms with Crippen molar-refractivity contribution < 1.29 is 17.9 Å². The Kier molecular flexibility index (Phi) is 7.95. The summed E-state index contributed by atoms with van der Waals surface area (Å²) in [6, 6.07) is 4.17. The van der Waals surface area contributed by atoms with Gasteiger partial charge in [-0.05, 0) is 50.6 Å². The molecule has 1 fully saturated rings. The number of sulfonamides is 1. The highest BCUT2D eigenvalue weighted by Crippen LogP contribution is 2.28. The van der Waals surface area contributed by atoms with Crippen LogP contribution in [0.2, 0.25) is 5.02 Å². The van der Waals surface area contributed by atoms with Crippen LogP contribution in [0, 0.1) is 5.92 Å². The Hall–Kier alpha value is -0.860. The fourth-order valence-corrected chi connectivity index (χ4v) is 4.68. The number of esters is 1. The molecule has 1 aromatic rings. The molecule has 1 N–H and O–H groups in total. The quantitative estimate of drug-likeness (QED) is 0.771. The molecule has 0 unspecified atom stereocenters. The average Bonchev–Trinajstić information content (AvgIpc) is 2.55. The van der Waals surface area contributed by atoms with E-state index in [9.17, 15) is 13.2 Å². The number of nitrogens with one attached hydrogen (secondary N) is 1. The molecule has 0 aliphatic carbocycles. The number of methoxy groups -OCH3 is 1. The minimum Gasteiger partial charge on any atom is -0.465 e. The van der Waals surface area contributed by atoms with Crippen molar-refractivity contribution in [2.75, 3.05) is 33.8 Å². The van der Waals surface area contributed by atoms with E-state index >= 15 is 0 Å². The van der Waals surface area contributed by atoms with Crippen LogP contribution in [0.5, 0.6) is 0 Å². The molecule has 136 valence electrons. The number of nitrogens with zero attached hydrogens (tertiary/aromatic N) is 1. The zero-order valence-corrected chi connectivity index (χ0v) is 16.0. The van der Waals surface area contributed by atoms with E-state index < -0.39 is 16.0 Å². The molecule has 1 heterocycles. The van der Waals surface area contributed by atoms with Gasteiger partial charge in [0.2, 0.25) is 10.0 Å². The molecule has 1 saturated heterocycles. The molecule has 0 atom stereocenters. The van der Waals surface area contributed by atoms with Crippen LogP contribution < -0.4 is 5.32 Å². The molecule has 6 nitrogen and oxygen atoms in total. The maximum absolute atomic E-state index is 12.9. The van der Waals surface area contributed by atoms with E-state index in [1.165, 1.54) is 29.6 Å². The predicted octanol–water partition coefficient (Wildman–Crippen LogP) is 2.17. The van der Waals surface area contributed by atoms with Crippen LogP contribution in [0.1, 0.15) is 23.2 Å².